The van der Waals surface area contributed by atoms with Gasteiger partial charge in [0.2, 0.25) is 0 Å². The molecule has 2 aromatic carbocycles. The summed E-state index contributed by atoms with van der Waals surface area (Å²) in [6.45, 7) is 5.20. The van der Waals surface area contributed by atoms with Crippen LogP contribution in [0.3, 0.4) is 0 Å². The minimum Gasteiger partial charge on any atom is -0.322 e. The minimum absolute atomic E-state index is 0.0262. The van der Waals surface area contributed by atoms with E-state index in [1.165, 1.54) is 25.0 Å². The molecule has 5 rings (SSSR count). The lowest BCUT2D eigenvalue weighted by Crippen LogP contribution is -2.39. The van der Waals surface area contributed by atoms with E-state index in [-0.39, 0.29) is 17.4 Å². The largest absolute Gasteiger partial charge is 0.322 e. The van der Waals surface area contributed by atoms with Crippen molar-refractivity contribution in [3.8, 4) is 0 Å². The van der Waals surface area contributed by atoms with Crippen molar-refractivity contribution in [3.63, 3.8) is 0 Å². The first-order chi connectivity index (χ1) is 17.5. The lowest BCUT2D eigenvalue weighted by atomic mass is 10.0. The number of aromatic amines is 1. The molecular weight excluding hydrogens is 455 g/mol. The zero-order chi connectivity index (χ0) is 25.1. The minimum atomic E-state index is -0.261. The Morgan fingerprint density at radius 3 is 2.67 bits per heavy atom. The molecule has 36 heavy (non-hydrogen) atoms. The highest BCUT2D eigenvalue weighted by molar-refractivity contribution is 5.79. The first kappa shape index (κ1) is 24.3. The lowest BCUT2D eigenvalue weighted by Gasteiger charge is -2.35. The van der Waals surface area contributed by atoms with Crippen LogP contribution in [0.25, 0.3) is 10.9 Å². The van der Waals surface area contributed by atoms with Gasteiger partial charge in [0, 0.05) is 23.7 Å². The number of nitrogens with one attached hydrogen (secondary N) is 1. The molecule has 0 aliphatic heterocycles. The molecule has 1 saturated carbocycles. The highest BCUT2D eigenvalue weighted by Crippen LogP contribution is 2.34. The quantitative estimate of drug-likeness (QED) is 0.346. The Labute approximate surface area is 210 Å². The number of rotatable bonds is 9. The highest BCUT2D eigenvalue weighted by atomic mass is 19.1. The zero-order valence-electron chi connectivity index (χ0n) is 21.0. The second-order valence-electron chi connectivity index (χ2n) is 9.95. The van der Waals surface area contributed by atoms with Crippen LogP contribution in [0.2, 0.25) is 0 Å². The molecule has 0 amide bonds. The van der Waals surface area contributed by atoms with Crippen molar-refractivity contribution in [1.82, 2.24) is 30.1 Å². The van der Waals surface area contributed by atoms with Crippen LogP contribution in [-0.4, -0.2) is 36.1 Å². The molecule has 0 radical (unpaired) electrons. The molecule has 1 N–H and O–H groups in total. The van der Waals surface area contributed by atoms with E-state index in [1.54, 1.807) is 12.1 Å². The molecule has 0 spiro atoms. The van der Waals surface area contributed by atoms with Gasteiger partial charge < -0.3 is 4.98 Å². The number of halogens is 1. The summed E-state index contributed by atoms with van der Waals surface area (Å²) < 4.78 is 15.2. The third kappa shape index (κ3) is 5.23. The monoisotopic (exact) mass is 488 g/mol. The summed E-state index contributed by atoms with van der Waals surface area (Å²) in [5.74, 6) is 0.531. The van der Waals surface area contributed by atoms with Crippen LogP contribution in [0.4, 0.5) is 4.39 Å². The smallest absolute Gasteiger partial charge is 0.252 e. The van der Waals surface area contributed by atoms with Crippen molar-refractivity contribution in [1.29, 1.82) is 0 Å². The topological polar surface area (TPSA) is 79.7 Å². The van der Waals surface area contributed by atoms with Gasteiger partial charge in [0.25, 0.3) is 5.56 Å². The van der Waals surface area contributed by atoms with Crippen molar-refractivity contribution < 1.29 is 4.39 Å². The van der Waals surface area contributed by atoms with Gasteiger partial charge in [0.1, 0.15) is 5.82 Å². The van der Waals surface area contributed by atoms with Crippen molar-refractivity contribution in [3.05, 3.63) is 87.2 Å². The Bertz CT molecular complexity index is 1370. The van der Waals surface area contributed by atoms with Crippen LogP contribution in [-0.2, 0) is 13.1 Å². The van der Waals surface area contributed by atoms with E-state index in [2.05, 4.69) is 44.5 Å². The van der Waals surface area contributed by atoms with E-state index in [1.807, 2.05) is 23.7 Å². The molecular formula is C28H33FN6O. The molecule has 2 heterocycles. The fourth-order valence-corrected chi connectivity index (χ4v) is 5.45. The molecule has 8 heteroatoms. The average molecular weight is 489 g/mol. The summed E-state index contributed by atoms with van der Waals surface area (Å²) in [5, 5.41) is 13.8. The fourth-order valence-electron chi connectivity index (χ4n) is 5.45. The molecule has 1 aliphatic carbocycles. The SMILES string of the molecule is CCC[C@H](c1nnnn1Cc1ccc(F)cc1)N(Cc1cc2ccc(C)cc2[nH]c1=O)C1CCCC1. The average Bonchev–Trinajstić information content (AvgIpc) is 3.56. The number of fused-ring (bicyclic) bond motifs is 1. The first-order valence-electron chi connectivity index (χ1n) is 12.9. The number of H-pyrrole nitrogens is 1. The zero-order valence-corrected chi connectivity index (χ0v) is 21.0. The maximum atomic E-state index is 13.4. The van der Waals surface area contributed by atoms with Crippen molar-refractivity contribution >= 4 is 10.9 Å². The molecule has 4 aromatic rings. The molecule has 188 valence electrons. The van der Waals surface area contributed by atoms with Gasteiger partial charge in [0.05, 0.1) is 12.6 Å². The summed E-state index contributed by atoms with van der Waals surface area (Å²) in [6.07, 6.45) is 6.42. The van der Waals surface area contributed by atoms with Crippen molar-refractivity contribution in [2.24, 2.45) is 0 Å². The van der Waals surface area contributed by atoms with Crippen LogP contribution in [0.15, 0.2) is 53.3 Å². The molecule has 1 aliphatic rings. The summed E-state index contributed by atoms with van der Waals surface area (Å²) in [6, 6.07) is 15.0. The van der Waals surface area contributed by atoms with Crippen LogP contribution < -0.4 is 5.56 Å². The van der Waals surface area contributed by atoms with Crippen LogP contribution in [0.1, 0.15) is 74.0 Å². The van der Waals surface area contributed by atoms with E-state index in [4.69, 9.17) is 0 Å². The predicted octanol–water partition coefficient (Wildman–Crippen LogP) is 5.30. The van der Waals surface area contributed by atoms with Gasteiger partial charge in [-0.05, 0) is 77.4 Å². The number of tetrazole rings is 1. The van der Waals surface area contributed by atoms with E-state index in [0.717, 1.165) is 59.1 Å². The lowest BCUT2D eigenvalue weighted by molar-refractivity contribution is 0.108. The molecule has 1 atom stereocenters. The Morgan fingerprint density at radius 1 is 1.14 bits per heavy atom. The molecule has 2 aromatic heterocycles. The van der Waals surface area contributed by atoms with Crippen LogP contribution >= 0.6 is 0 Å². The summed E-state index contributed by atoms with van der Waals surface area (Å²) >= 11 is 0. The normalized spacial score (nSPS) is 15.2. The second-order valence-corrected chi connectivity index (χ2v) is 9.95. The van der Waals surface area contributed by atoms with Crippen molar-refractivity contribution in [2.75, 3.05) is 0 Å². The second kappa shape index (κ2) is 10.7. The molecule has 0 saturated heterocycles. The number of nitrogens with zero attached hydrogens (tertiary/aromatic N) is 5. The van der Waals surface area contributed by atoms with Gasteiger partial charge in [0.15, 0.2) is 5.82 Å². The first-order valence-corrected chi connectivity index (χ1v) is 12.9. The number of hydrogen-bond acceptors (Lipinski definition) is 5. The Balaban J connectivity index is 1.50. The summed E-state index contributed by atoms with van der Waals surface area (Å²) in [7, 11) is 0. The van der Waals surface area contributed by atoms with Gasteiger partial charge in [-0.3, -0.25) is 9.69 Å². The van der Waals surface area contributed by atoms with Gasteiger partial charge in [-0.15, -0.1) is 5.10 Å². The maximum absolute atomic E-state index is 13.4. The van der Waals surface area contributed by atoms with Gasteiger partial charge in [-0.2, -0.15) is 0 Å². The van der Waals surface area contributed by atoms with Crippen LogP contribution in [0, 0.1) is 12.7 Å². The standard InChI is InChI=1S/C28H33FN6O/c1-3-6-26(27-31-32-33-35(27)17-20-10-13-23(29)14-11-20)34(24-7-4-5-8-24)18-22-16-21-12-9-19(2)15-25(21)30-28(22)36/h9-16,24,26H,3-8,17-18H2,1-2H3,(H,30,36)/t26-/m1/s1. The summed E-state index contributed by atoms with van der Waals surface area (Å²) in [4.78, 5) is 18.7. The molecule has 1 fully saturated rings. The van der Waals surface area contributed by atoms with E-state index in [9.17, 15) is 9.18 Å². The van der Waals surface area contributed by atoms with Crippen LogP contribution in [0.5, 0.6) is 0 Å². The molecule has 7 nitrogen and oxygen atoms in total. The van der Waals surface area contributed by atoms with Gasteiger partial charge in [-0.1, -0.05) is 50.5 Å². The number of aryl methyl sites for hydroxylation is 1. The number of aromatic nitrogens is 5. The Morgan fingerprint density at radius 2 is 1.92 bits per heavy atom. The maximum Gasteiger partial charge on any atom is 0.252 e. The summed E-state index contributed by atoms with van der Waals surface area (Å²) in [5.41, 5.74) is 3.64. The van der Waals surface area contributed by atoms with Crippen molar-refractivity contribution in [2.45, 2.75) is 77.5 Å². The van der Waals surface area contributed by atoms with E-state index in [0.29, 0.717) is 19.1 Å². The van der Waals surface area contributed by atoms with E-state index >= 15 is 0 Å². The number of pyridine rings is 1. The van der Waals surface area contributed by atoms with E-state index < -0.39 is 0 Å². The molecule has 0 unspecified atom stereocenters. The van der Waals surface area contributed by atoms with Gasteiger partial charge >= 0.3 is 0 Å². The Hall–Kier alpha value is -3.39. The third-order valence-electron chi connectivity index (χ3n) is 7.29. The highest BCUT2D eigenvalue weighted by Gasteiger charge is 2.33. The number of benzene rings is 2. The van der Waals surface area contributed by atoms with Gasteiger partial charge in [-0.25, -0.2) is 9.07 Å². The predicted molar refractivity (Wildman–Crippen MR) is 138 cm³/mol. The molecule has 0 bridgehead atoms. The third-order valence-corrected chi connectivity index (χ3v) is 7.29. The fraction of sp³-hybridized carbons (Fsp3) is 0.429. The number of hydrogen-bond donors (Lipinski definition) is 1. The Kier molecular flexibility index (Phi) is 7.23.